The lowest BCUT2D eigenvalue weighted by molar-refractivity contribution is 0.346. The normalized spacial score (nSPS) is 15.2. The second kappa shape index (κ2) is 9.62. The molecule has 2 heterocycles. The van der Waals surface area contributed by atoms with Gasteiger partial charge in [-0.1, -0.05) is 12.5 Å². The Balaban J connectivity index is 1.53. The van der Waals surface area contributed by atoms with Gasteiger partial charge in [0.25, 0.3) is 0 Å². The number of hydrazone groups is 1. The monoisotopic (exact) mass is 483 g/mol. The molecular formula is C24H29N5O2S2. The summed E-state index contributed by atoms with van der Waals surface area (Å²) in [6.07, 6.45) is 6.49. The van der Waals surface area contributed by atoms with Crippen molar-refractivity contribution >= 4 is 50.2 Å². The van der Waals surface area contributed by atoms with E-state index >= 15 is 0 Å². The van der Waals surface area contributed by atoms with E-state index in [9.17, 15) is 8.42 Å². The van der Waals surface area contributed by atoms with E-state index < -0.39 is 10.0 Å². The average Bonchev–Trinajstić information content (AvgIpc) is 3.08. The molecule has 0 unspecified atom stereocenters. The van der Waals surface area contributed by atoms with Crippen LogP contribution in [-0.2, 0) is 17.1 Å². The van der Waals surface area contributed by atoms with Crippen molar-refractivity contribution in [3.8, 4) is 0 Å². The minimum absolute atomic E-state index is 0.317. The Hall–Kier alpha value is -2.75. The van der Waals surface area contributed by atoms with Gasteiger partial charge in [-0.05, 0) is 80.4 Å². The number of aromatic nitrogens is 1. The van der Waals surface area contributed by atoms with Crippen LogP contribution in [-0.4, -0.2) is 41.7 Å². The van der Waals surface area contributed by atoms with E-state index in [1.54, 1.807) is 22.7 Å². The predicted octanol–water partition coefficient (Wildman–Crippen LogP) is 4.29. The molecule has 0 atom stereocenters. The van der Waals surface area contributed by atoms with Gasteiger partial charge in [-0.2, -0.15) is 9.41 Å². The second-order valence-corrected chi connectivity index (χ2v) is 10.9. The Kier molecular flexibility index (Phi) is 6.83. The summed E-state index contributed by atoms with van der Waals surface area (Å²) in [5, 5.41) is 8.62. The minimum Gasteiger partial charge on any atom is -0.350 e. The average molecular weight is 484 g/mol. The summed E-state index contributed by atoms with van der Waals surface area (Å²) in [7, 11) is -1.57. The van der Waals surface area contributed by atoms with Crippen LogP contribution < -0.4 is 10.7 Å². The van der Waals surface area contributed by atoms with Crippen molar-refractivity contribution in [2.75, 3.05) is 18.4 Å². The fraction of sp³-hybridized carbons (Fsp3) is 0.333. The number of hydrogen-bond acceptors (Lipinski definition) is 4. The third-order valence-electron chi connectivity index (χ3n) is 5.79. The molecule has 7 nitrogen and oxygen atoms in total. The van der Waals surface area contributed by atoms with Crippen molar-refractivity contribution in [2.45, 2.75) is 38.0 Å². The zero-order valence-electron chi connectivity index (χ0n) is 19.1. The highest BCUT2D eigenvalue weighted by Gasteiger charge is 2.26. The maximum Gasteiger partial charge on any atom is 0.243 e. The number of nitrogens with one attached hydrogen (secondary N) is 2. The van der Waals surface area contributed by atoms with Gasteiger partial charge < -0.3 is 9.88 Å². The van der Waals surface area contributed by atoms with Gasteiger partial charge in [0.15, 0.2) is 5.11 Å². The fourth-order valence-electron chi connectivity index (χ4n) is 4.29. The molecule has 0 saturated carbocycles. The molecule has 0 aliphatic carbocycles. The Bertz CT molecular complexity index is 1300. The minimum atomic E-state index is -3.50. The number of aryl methyl sites for hydroxylation is 3. The maximum atomic E-state index is 13.1. The van der Waals surface area contributed by atoms with Gasteiger partial charge in [0.1, 0.15) is 0 Å². The molecule has 1 fully saturated rings. The van der Waals surface area contributed by atoms with Crippen molar-refractivity contribution in [1.29, 1.82) is 0 Å². The molecule has 0 amide bonds. The van der Waals surface area contributed by atoms with E-state index in [1.807, 2.05) is 49.9 Å². The number of sulfonamides is 1. The lowest BCUT2D eigenvalue weighted by Crippen LogP contribution is -2.35. The largest absolute Gasteiger partial charge is 0.350 e. The summed E-state index contributed by atoms with van der Waals surface area (Å²) in [4.78, 5) is 0.317. The first kappa shape index (κ1) is 23.4. The van der Waals surface area contributed by atoms with E-state index in [1.165, 1.54) is 0 Å². The topological polar surface area (TPSA) is 78.7 Å². The molecule has 1 aromatic heterocycles. The van der Waals surface area contributed by atoms with E-state index in [0.717, 1.165) is 52.5 Å². The van der Waals surface area contributed by atoms with Crippen LogP contribution in [0.5, 0.6) is 0 Å². The molecule has 2 aromatic carbocycles. The van der Waals surface area contributed by atoms with Gasteiger partial charge in [-0.25, -0.2) is 8.42 Å². The van der Waals surface area contributed by atoms with Crippen molar-refractivity contribution < 1.29 is 8.42 Å². The number of nitrogens with zero attached hydrogens (tertiary/aromatic N) is 3. The molecule has 1 aliphatic heterocycles. The summed E-state index contributed by atoms with van der Waals surface area (Å²) in [5.74, 6) is 0. The SMILES string of the molecule is Cc1cc(C)cc(NC(=S)N/N=C\c2cn(C)c3ccc(S(=O)(=O)N4CCCCC4)cc23)c1. The number of anilines is 1. The van der Waals surface area contributed by atoms with Crippen LogP contribution in [0.2, 0.25) is 0 Å². The highest BCUT2D eigenvalue weighted by atomic mass is 32.2. The summed E-state index contributed by atoms with van der Waals surface area (Å²) in [6, 6.07) is 11.4. The van der Waals surface area contributed by atoms with Crippen LogP contribution in [0.1, 0.15) is 36.0 Å². The van der Waals surface area contributed by atoms with Crippen molar-refractivity contribution in [1.82, 2.24) is 14.3 Å². The van der Waals surface area contributed by atoms with Crippen molar-refractivity contribution in [3.63, 3.8) is 0 Å². The summed E-state index contributed by atoms with van der Waals surface area (Å²) in [5.41, 5.74) is 7.79. The van der Waals surface area contributed by atoms with Gasteiger partial charge in [0.2, 0.25) is 10.0 Å². The first-order chi connectivity index (χ1) is 15.7. The van der Waals surface area contributed by atoms with Crippen LogP contribution in [0.25, 0.3) is 10.9 Å². The Morgan fingerprint density at radius 2 is 1.76 bits per heavy atom. The zero-order chi connectivity index (χ0) is 23.6. The number of benzene rings is 2. The highest BCUT2D eigenvalue weighted by Crippen LogP contribution is 2.26. The molecule has 1 aliphatic rings. The van der Waals surface area contributed by atoms with Gasteiger partial charge in [0.05, 0.1) is 11.1 Å². The molecule has 33 heavy (non-hydrogen) atoms. The smallest absolute Gasteiger partial charge is 0.243 e. The van der Waals surface area contributed by atoms with Crippen molar-refractivity contribution in [3.05, 3.63) is 59.3 Å². The zero-order valence-corrected chi connectivity index (χ0v) is 20.8. The van der Waals surface area contributed by atoms with Crippen LogP contribution in [0.15, 0.2) is 52.6 Å². The maximum absolute atomic E-state index is 13.1. The number of piperidine rings is 1. The quantitative estimate of drug-likeness (QED) is 0.322. The van der Waals surface area contributed by atoms with Crippen LogP contribution in [0, 0.1) is 13.8 Å². The van der Waals surface area contributed by atoms with Gasteiger partial charge >= 0.3 is 0 Å². The van der Waals surface area contributed by atoms with Gasteiger partial charge in [-0.3, -0.25) is 5.43 Å². The summed E-state index contributed by atoms with van der Waals surface area (Å²) < 4.78 is 29.8. The Labute approximate surface area is 200 Å². The third-order valence-corrected chi connectivity index (χ3v) is 7.88. The molecular weight excluding hydrogens is 454 g/mol. The second-order valence-electron chi connectivity index (χ2n) is 8.54. The highest BCUT2D eigenvalue weighted by molar-refractivity contribution is 7.89. The van der Waals surface area contributed by atoms with Crippen LogP contribution in [0.3, 0.4) is 0 Å². The molecule has 0 bridgehead atoms. The number of rotatable bonds is 5. The molecule has 3 aromatic rings. The number of hydrogen-bond donors (Lipinski definition) is 2. The first-order valence-corrected chi connectivity index (χ1v) is 12.9. The molecule has 174 valence electrons. The molecule has 2 N–H and O–H groups in total. The van der Waals surface area contributed by atoms with E-state index in [4.69, 9.17) is 12.2 Å². The molecule has 1 saturated heterocycles. The first-order valence-electron chi connectivity index (χ1n) is 11.0. The molecule has 4 rings (SSSR count). The van der Waals surface area contributed by atoms with E-state index in [0.29, 0.717) is 23.1 Å². The summed E-state index contributed by atoms with van der Waals surface area (Å²) in [6.45, 7) is 5.23. The lowest BCUT2D eigenvalue weighted by atomic mass is 10.1. The Morgan fingerprint density at radius 3 is 2.45 bits per heavy atom. The third kappa shape index (κ3) is 5.26. The lowest BCUT2D eigenvalue weighted by Gasteiger charge is -2.25. The standard InChI is InChI=1S/C24H29N5O2S2/c1-17-11-18(2)13-20(12-17)26-24(32)27-25-15-19-16-28(3)23-8-7-21(14-22(19)23)33(30,31)29-9-5-4-6-10-29/h7-8,11-16H,4-6,9-10H2,1-3H3,(H2,26,27,32)/b25-15-. The van der Waals surface area contributed by atoms with E-state index in [-0.39, 0.29) is 0 Å². The predicted molar refractivity (Wildman–Crippen MR) is 138 cm³/mol. The van der Waals surface area contributed by atoms with Gasteiger partial charge in [-0.15, -0.1) is 0 Å². The van der Waals surface area contributed by atoms with E-state index in [2.05, 4.69) is 21.9 Å². The van der Waals surface area contributed by atoms with Gasteiger partial charge in [0, 0.05) is 48.5 Å². The van der Waals surface area contributed by atoms with Crippen LogP contribution in [0.4, 0.5) is 5.69 Å². The Morgan fingerprint density at radius 1 is 1.06 bits per heavy atom. The molecule has 0 spiro atoms. The van der Waals surface area contributed by atoms with Crippen molar-refractivity contribution in [2.24, 2.45) is 12.1 Å². The summed E-state index contributed by atoms with van der Waals surface area (Å²) >= 11 is 5.35. The molecule has 9 heteroatoms. The fourth-order valence-corrected chi connectivity index (χ4v) is 6.00. The number of fused-ring (bicyclic) bond motifs is 1. The number of thiocarbonyl (C=S) groups is 1. The van der Waals surface area contributed by atoms with Crippen LogP contribution >= 0.6 is 12.2 Å². The molecule has 0 radical (unpaired) electrons.